The van der Waals surface area contributed by atoms with Crippen molar-refractivity contribution in [3.63, 3.8) is 0 Å². The van der Waals surface area contributed by atoms with Crippen molar-refractivity contribution in [1.82, 2.24) is 15.1 Å². The SMILES string of the molecule is CC.O=C(c1cc(Cc2n[nH]c(=O)c3ccccc23)ccc1F)N1CCC2(CC(OCCF)C2)C1. The average molecular weight is 484 g/mol. The normalized spacial score (nSPS) is 21.0. The molecule has 1 N–H and O–H groups in total. The van der Waals surface area contributed by atoms with Crippen molar-refractivity contribution in [1.29, 1.82) is 0 Å². The van der Waals surface area contributed by atoms with Crippen LogP contribution < -0.4 is 5.56 Å². The number of alkyl halides is 1. The number of hydrogen-bond donors (Lipinski definition) is 1. The molecule has 2 fully saturated rings. The maximum atomic E-state index is 14.6. The monoisotopic (exact) mass is 483 g/mol. The molecule has 1 saturated heterocycles. The van der Waals surface area contributed by atoms with E-state index in [9.17, 15) is 18.4 Å². The number of halogens is 2. The maximum Gasteiger partial charge on any atom is 0.272 e. The largest absolute Gasteiger partial charge is 0.375 e. The molecule has 0 radical (unpaired) electrons. The van der Waals surface area contributed by atoms with Gasteiger partial charge in [0, 0.05) is 24.9 Å². The number of aromatic nitrogens is 2. The maximum absolute atomic E-state index is 14.6. The molecule has 3 aromatic rings. The van der Waals surface area contributed by atoms with E-state index in [2.05, 4.69) is 10.2 Å². The highest BCUT2D eigenvalue weighted by atomic mass is 19.1. The van der Waals surface area contributed by atoms with E-state index in [1.54, 1.807) is 29.2 Å². The van der Waals surface area contributed by atoms with Crippen LogP contribution in [0.25, 0.3) is 10.8 Å². The summed E-state index contributed by atoms with van der Waals surface area (Å²) >= 11 is 0. The van der Waals surface area contributed by atoms with E-state index in [1.165, 1.54) is 6.07 Å². The quantitative estimate of drug-likeness (QED) is 0.553. The van der Waals surface area contributed by atoms with Gasteiger partial charge in [0.2, 0.25) is 0 Å². The van der Waals surface area contributed by atoms with Crippen molar-refractivity contribution in [3.05, 3.63) is 75.5 Å². The molecule has 186 valence electrons. The number of aromatic amines is 1. The molecule has 2 aliphatic rings. The third kappa shape index (κ3) is 5.12. The number of nitrogens with zero attached hydrogens (tertiary/aromatic N) is 2. The molecule has 2 aromatic carbocycles. The number of nitrogens with one attached hydrogen (secondary N) is 1. The molecule has 1 aromatic heterocycles. The Kier molecular flexibility index (Phi) is 7.60. The topological polar surface area (TPSA) is 75.3 Å². The Labute approximate surface area is 203 Å². The smallest absolute Gasteiger partial charge is 0.272 e. The third-order valence-corrected chi connectivity index (χ3v) is 6.89. The van der Waals surface area contributed by atoms with Gasteiger partial charge in [-0.15, -0.1) is 0 Å². The van der Waals surface area contributed by atoms with Gasteiger partial charge in [-0.1, -0.05) is 38.1 Å². The van der Waals surface area contributed by atoms with Gasteiger partial charge in [0.1, 0.15) is 12.5 Å². The minimum Gasteiger partial charge on any atom is -0.375 e. The van der Waals surface area contributed by atoms with Crippen molar-refractivity contribution < 1.29 is 18.3 Å². The second-order valence-corrected chi connectivity index (χ2v) is 9.10. The average Bonchev–Trinajstić information content (AvgIpc) is 3.32. The van der Waals surface area contributed by atoms with Gasteiger partial charge in [0.05, 0.1) is 29.4 Å². The second-order valence-electron chi connectivity index (χ2n) is 9.10. The number of ether oxygens (including phenoxy) is 1. The second kappa shape index (κ2) is 10.6. The van der Waals surface area contributed by atoms with Crippen molar-refractivity contribution in [3.8, 4) is 0 Å². The molecule has 0 bridgehead atoms. The summed E-state index contributed by atoms with van der Waals surface area (Å²) in [5, 5.41) is 7.96. The van der Waals surface area contributed by atoms with Gasteiger partial charge in [-0.2, -0.15) is 5.10 Å². The molecule has 0 atom stereocenters. The predicted molar refractivity (Wildman–Crippen MR) is 131 cm³/mol. The zero-order valence-corrected chi connectivity index (χ0v) is 20.2. The van der Waals surface area contributed by atoms with Gasteiger partial charge in [-0.3, -0.25) is 9.59 Å². The molecular formula is C27H31F2N3O3. The predicted octanol–water partition coefficient (Wildman–Crippen LogP) is 4.66. The fourth-order valence-corrected chi connectivity index (χ4v) is 5.19. The molecule has 6 nitrogen and oxygen atoms in total. The molecule has 2 heterocycles. The number of amides is 1. The van der Waals surface area contributed by atoms with Crippen molar-refractivity contribution >= 4 is 16.7 Å². The lowest BCUT2D eigenvalue weighted by molar-refractivity contribution is -0.0777. The highest BCUT2D eigenvalue weighted by Crippen LogP contribution is 2.49. The molecule has 8 heteroatoms. The molecular weight excluding hydrogens is 452 g/mol. The zero-order valence-electron chi connectivity index (χ0n) is 20.2. The minimum atomic E-state index is -0.554. The van der Waals surface area contributed by atoms with E-state index < -0.39 is 12.5 Å². The van der Waals surface area contributed by atoms with Crippen LogP contribution in [0.2, 0.25) is 0 Å². The van der Waals surface area contributed by atoms with Crippen molar-refractivity contribution in [2.75, 3.05) is 26.4 Å². The van der Waals surface area contributed by atoms with Crippen LogP contribution in [0.15, 0.2) is 47.3 Å². The summed E-state index contributed by atoms with van der Waals surface area (Å²) in [4.78, 5) is 26.9. The van der Waals surface area contributed by atoms with Gasteiger partial charge in [0.15, 0.2) is 0 Å². The van der Waals surface area contributed by atoms with Gasteiger partial charge in [-0.25, -0.2) is 13.9 Å². The summed E-state index contributed by atoms with van der Waals surface area (Å²) in [6, 6.07) is 11.7. The number of carbonyl (C=O) groups is 1. The van der Waals surface area contributed by atoms with E-state index >= 15 is 0 Å². The molecule has 1 aliphatic heterocycles. The Morgan fingerprint density at radius 3 is 2.69 bits per heavy atom. The first kappa shape index (κ1) is 25.0. The molecule has 1 spiro atoms. The zero-order chi connectivity index (χ0) is 25.0. The number of hydrogen-bond acceptors (Lipinski definition) is 4. The number of fused-ring (bicyclic) bond motifs is 1. The summed E-state index contributed by atoms with van der Waals surface area (Å²) in [6.45, 7) is 4.76. The fourth-order valence-electron chi connectivity index (χ4n) is 5.19. The lowest BCUT2D eigenvalue weighted by Crippen LogP contribution is -2.45. The first-order valence-electron chi connectivity index (χ1n) is 12.2. The summed E-state index contributed by atoms with van der Waals surface area (Å²) in [6.07, 6.45) is 2.88. The van der Waals surface area contributed by atoms with Crippen LogP contribution in [0, 0.1) is 11.2 Å². The Balaban J connectivity index is 0.00000141. The number of carbonyl (C=O) groups excluding carboxylic acids is 1. The number of benzene rings is 2. The fraction of sp³-hybridized carbons (Fsp3) is 0.444. The Morgan fingerprint density at radius 2 is 1.94 bits per heavy atom. The summed E-state index contributed by atoms with van der Waals surface area (Å²) in [7, 11) is 0. The van der Waals surface area contributed by atoms with E-state index in [4.69, 9.17) is 4.74 Å². The van der Waals surface area contributed by atoms with Crippen molar-refractivity contribution in [2.24, 2.45) is 5.41 Å². The first-order chi connectivity index (χ1) is 17.0. The Morgan fingerprint density at radius 1 is 1.20 bits per heavy atom. The van der Waals surface area contributed by atoms with E-state index in [0.29, 0.717) is 30.6 Å². The number of rotatable bonds is 6. The van der Waals surface area contributed by atoms with Crippen LogP contribution in [0.1, 0.15) is 54.7 Å². The van der Waals surface area contributed by atoms with Crippen molar-refractivity contribution in [2.45, 2.75) is 45.6 Å². The molecule has 5 rings (SSSR count). The van der Waals surface area contributed by atoms with E-state index in [1.807, 2.05) is 26.0 Å². The van der Waals surface area contributed by atoms with E-state index in [-0.39, 0.29) is 35.2 Å². The van der Waals surface area contributed by atoms with Gasteiger partial charge in [-0.05, 0) is 48.4 Å². The molecule has 1 aliphatic carbocycles. The summed E-state index contributed by atoms with van der Waals surface area (Å²) < 4.78 is 32.4. The van der Waals surface area contributed by atoms with Gasteiger partial charge >= 0.3 is 0 Å². The lowest BCUT2D eigenvalue weighted by atomic mass is 9.66. The summed E-state index contributed by atoms with van der Waals surface area (Å²) in [5.41, 5.74) is 1.18. The van der Waals surface area contributed by atoms with Gasteiger partial charge < -0.3 is 9.64 Å². The first-order valence-corrected chi connectivity index (χ1v) is 12.2. The molecule has 1 amide bonds. The van der Waals surface area contributed by atoms with Crippen LogP contribution in [0.3, 0.4) is 0 Å². The Bertz CT molecular complexity index is 1250. The summed E-state index contributed by atoms with van der Waals surface area (Å²) in [5.74, 6) is -0.875. The molecule has 1 saturated carbocycles. The van der Waals surface area contributed by atoms with E-state index in [0.717, 1.165) is 30.2 Å². The van der Waals surface area contributed by atoms with Crippen LogP contribution >= 0.6 is 0 Å². The molecule has 0 unspecified atom stereocenters. The highest BCUT2D eigenvalue weighted by molar-refractivity contribution is 5.95. The third-order valence-electron chi connectivity index (χ3n) is 6.89. The van der Waals surface area contributed by atoms with Crippen LogP contribution in [-0.4, -0.2) is 53.5 Å². The van der Waals surface area contributed by atoms with Gasteiger partial charge in [0.25, 0.3) is 11.5 Å². The van der Waals surface area contributed by atoms with Crippen LogP contribution in [-0.2, 0) is 11.2 Å². The molecule has 35 heavy (non-hydrogen) atoms. The van der Waals surface area contributed by atoms with Crippen LogP contribution in [0.4, 0.5) is 8.78 Å². The number of H-pyrrole nitrogens is 1. The standard InChI is InChI=1S/C25H25F2N3O3.C2H6/c26-8-10-33-17-13-25(14-17)7-9-30(15-25)24(32)20-11-16(5-6-21(20)27)12-22-18-3-1-2-4-19(18)23(31)29-28-22;1-2/h1-6,11,17H,7-10,12-15H2,(H,29,31);1-2H3. The lowest BCUT2D eigenvalue weighted by Gasteiger charge is -2.44. The van der Waals surface area contributed by atoms with Crippen LogP contribution in [0.5, 0.6) is 0 Å². The Hall–Kier alpha value is -3.13. The minimum absolute atomic E-state index is 0.00344. The number of likely N-dealkylation sites (tertiary alicyclic amines) is 1. The highest BCUT2D eigenvalue weighted by Gasteiger charge is 2.50.